The zero-order chi connectivity index (χ0) is 21.7. The topological polar surface area (TPSA) is 59.1 Å². The molecule has 0 bridgehead atoms. The van der Waals surface area contributed by atoms with E-state index in [0.29, 0.717) is 16.5 Å². The Morgan fingerprint density at radius 1 is 1.20 bits per heavy atom. The minimum atomic E-state index is -0.751. The molecule has 1 fully saturated rings. The molecule has 2 aromatic carbocycles. The summed E-state index contributed by atoms with van der Waals surface area (Å²) in [6, 6.07) is 11.8. The monoisotopic (exact) mass is 432 g/mol. The molecule has 0 aliphatic carbocycles. The average Bonchev–Trinajstić information content (AvgIpc) is 2.75. The number of ether oxygens (including phenoxy) is 2. The Hall–Kier alpha value is -2.86. The van der Waals surface area contributed by atoms with Crippen LogP contribution in [0.5, 0.6) is 5.75 Å². The standard InChI is InChI=1S/C22H22ClFN2O4/c1-15-21(22(28)29-2)26(11-16-3-7-18(24)8-4-16)19(13-27)12-25(15)14-30-20-9-5-17(23)6-10-20/h3-10,15,21H,11-12,14H2,1-2H3. The Labute approximate surface area is 179 Å². The highest BCUT2D eigenvalue weighted by Crippen LogP contribution is 2.27. The van der Waals surface area contributed by atoms with Crippen molar-refractivity contribution < 1.29 is 23.5 Å². The van der Waals surface area contributed by atoms with E-state index in [9.17, 15) is 14.0 Å². The Morgan fingerprint density at radius 2 is 1.87 bits per heavy atom. The molecule has 8 heteroatoms. The Kier molecular flexibility index (Phi) is 7.11. The predicted octanol–water partition coefficient (Wildman–Crippen LogP) is 3.28. The van der Waals surface area contributed by atoms with Gasteiger partial charge in [0.15, 0.2) is 0 Å². The second-order valence-electron chi connectivity index (χ2n) is 6.99. The highest BCUT2D eigenvalue weighted by atomic mass is 35.5. The number of halogens is 2. The highest BCUT2D eigenvalue weighted by Gasteiger charge is 2.42. The van der Waals surface area contributed by atoms with Gasteiger partial charge in [-0.15, -0.1) is 0 Å². The Morgan fingerprint density at radius 3 is 2.47 bits per heavy atom. The summed E-state index contributed by atoms with van der Waals surface area (Å²) in [5.41, 5.74) is 1.06. The second kappa shape index (κ2) is 9.76. The first-order valence-electron chi connectivity index (χ1n) is 9.38. The smallest absolute Gasteiger partial charge is 0.330 e. The van der Waals surface area contributed by atoms with Crippen LogP contribution in [-0.4, -0.2) is 54.2 Å². The number of esters is 1. The van der Waals surface area contributed by atoms with Crippen LogP contribution in [0.4, 0.5) is 4.39 Å². The van der Waals surface area contributed by atoms with Crippen LogP contribution in [0.1, 0.15) is 12.5 Å². The fraction of sp³-hybridized carbons (Fsp3) is 0.318. The first-order chi connectivity index (χ1) is 14.4. The van der Waals surface area contributed by atoms with Crippen molar-refractivity contribution in [2.24, 2.45) is 0 Å². The SMILES string of the molecule is COC(=O)C1C(C)N(COc2ccc(Cl)cc2)CC(=C=O)N1Cc1ccc(F)cc1. The van der Waals surface area contributed by atoms with Gasteiger partial charge in [-0.2, -0.15) is 0 Å². The molecule has 30 heavy (non-hydrogen) atoms. The van der Waals surface area contributed by atoms with Crippen molar-refractivity contribution in [1.29, 1.82) is 0 Å². The Balaban J connectivity index is 1.81. The van der Waals surface area contributed by atoms with Crippen molar-refractivity contribution >= 4 is 23.5 Å². The number of rotatable bonds is 6. The van der Waals surface area contributed by atoms with Crippen LogP contribution in [-0.2, 0) is 20.9 Å². The van der Waals surface area contributed by atoms with E-state index in [2.05, 4.69) is 0 Å². The van der Waals surface area contributed by atoms with Crippen molar-refractivity contribution in [1.82, 2.24) is 9.80 Å². The van der Waals surface area contributed by atoms with Crippen LogP contribution in [0, 0.1) is 5.82 Å². The van der Waals surface area contributed by atoms with Crippen LogP contribution in [0.3, 0.4) is 0 Å². The van der Waals surface area contributed by atoms with Crippen molar-refractivity contribution in [3.05, 3.63) is 70.6 Å². The number of nitrogens with zero attached hydrogens (tertiary/aromatic N) is 2. The molecule has 0 spiro atoms. The van der Waals surface area contributed by atoms with Crippen LogP contribution >= 0.6 is 11.6 Å². The van der Waals surface area contributed by atoms with Crippen LogP contribution in [0.25, 0.3) is 0 Å². The van der Waals surface area contributed by atoms with E-state index in [0.717, 1.165) is 5.56 Å². The zero-order valence-corrected chi connectivity index (χ0v) is 17.4. The average molecular weight is 433 g/mol. The number of hydrogen-bond acceptors (Lipinski definition) is 6. The first kappa shape index (κ1) is 21.8. The molecule has 1 heterocycles. The van der Waals surface area contributed by atoms with E-state index in [1.54, 1.807) is 41.3 Å². The molecule has 0 N–H and O–H groups in total. The third kappa shape index (κ3) is 5.00. The van der Waals surface area contributed by atoms with Gasteiger partial charge < -0.3 is 14.4 Å². The predicted molar refractivity (Wildman–Crippen MR) is 110 cm³/mol. The van der Waals surface area contributed by atoms with E-state index in [1.165, 1.54) is 19.2 Å². The molecule has 6 nitrogen and oxygen atoms in total. The van der Waals surface area contributed by atoms with Crippen LogP contribution < -0.4 is 4.74 Å². The molecule has 2 unspecified atom stereocenters. The third-order valence-electron chi connectivity index (χ3n) is 5.11. The minimum absolute atomic E-state index is 0.159. The molecule has 1 aliphatic rings. The quantitative estimate of drug-likeness (QED) is 0.515. The molecule has 3 rings (SSSR count). The Bertz CT molecular complexity index is 929. The number of piperazine rings is 1. The lowest BCUT2D eigenvalue weighted by molar-refractivity contribution is -0.151. The molecule has 0 amide bonds. The molecular weight excluding hydrogens is 411 g/mol. The van der Waals surface area contributed by atoms with Gasteiger partial charge in [0.2, 0.25) is 0 Å². The summed E-state index contributed by atoms with van der Waals surface area (Å²) < 4.78 is 24.0. The fourth-order valence-corrected chi connectivity index (χ4v) is 3.55. The minimum Gasteiger partial charge on any atom is -0.478 e. The van der Waals surface area contributed by atoms with Gasteiger partial charge in [-0.3, -0.25) is 4.90 Å². The summed E-state index contributed by atoms with van der Waals surface area (Å²) in [4.78, 5) is 27.9. The zero-order valence-electron chi connectivity index (χ0n) is 16.7. The van der Waals surface area contributed by atoms with E-state index >= 15 is 0 Å². The van der Waals surface area contributed by atoms with Gasteiger partial charge in [-0.25, -0.2) is 14.0 Å². The molecule has 1 saturated heterocycles. The van der Waals surface area contributed by atoms with Gasteiger partial charge >= 0.3 is 5.97 Å². The molecule has 2 aromatic rings. The van der Waals surface area contributed by atoms with Crippen molar-refractivity contribution in [2.75, 3.05) is 20.4 Å². The summed E-state index contributed by atoms with van der Waals surface area (Å²) >= 11 is 5.89. The summed E-state index contributed by atoms with van der Waals surface area (Å²) in [6.45, 7) is 2.52. The summed E-state index contributed by atoms with van der Waals surface area (Å²) in [5.74, 6) is 1.73. The number of benzene rings is 2. The van der Waals surface area contributed by atoms with Gasteiger partial charge in [-0.1, -0.05) is 23.7 Å². The number of carbonyl (C=O) groups excluding carboxylic acids is 2. The largest absolute Gasteiger partial charge is 0.478 e. The molecule has 2 atom stereocenters. The maximum atomic E-state index is 13.2. The fourth-order valence-electron chi connectivity index (χ4n) is 3.42. The number of methoxy groups -OCH3 is 1. The number of carbonyl (C=O) groups is 1. The summed E-state index contributed by atoms with van der Waals surface area (Å²) in [6.07, 6.45) is 0. The van der Waals surface area contributed by atoms with Gasteiger partial charge in [-0.05, 0) is 48.9 Å². The molecule has 0 radical (unpaired) electrons. The van der Waals surface area contributed by atoms with Gasteiger partial charge in [0.25, 0.3) is 0 Å². The molecule has 0 saturated carbocycles. The van der Waals surface area contributed by atoms with Crippen LogP contribution in [0.15, 0.2) is 54.2 Å². The van der Waals surface area contributed by atoms with Gasteiger partial charge in [0, 0.05) is 17.6 Å². The molecular formula is C22H22ClFN2O4. The van der Waals surface area contributed by atoms with Crippen molar-refractivity contribution in [3.63, 3.8) is 0 Å². The summed E-state index contributed by atoms with van der Waals surface area (Å²) in [5, 5.41) is 0.599. The van der Waals surface area contributed by atoms with E-state index in [-0.39, 0.29) is 31.7 Å². The second-order valence-corrected chi connectivity index (χ2v) is 7.42. The lowest BCUT2D eigenvalue weighted by Gasteiger charge is -2.45. The van der Waals surface area contributed by atoms with Crippen molar-refractivity contribution in [3.8, 4) is 5.75 Å². The van der Waals surface area contributed by atoms with Crippen LogP contribution in [0.2, 0.25) is 5.02 Å². The van der Waals surface area contributed by atoms with E-state index in [4.69, 9.17) is 21.1 Å². The molecule has 0 aromatic heterocycles. The maximum Gasteiger partial charge on any atom is 0.330 e. The lowest BCUT2D eigenvalue weighted by atomic mass is 10.0. The third-order valence-corrected chi connectivity index (χ3v) is 5.36. The first-order valence-corrected chi connectivity index (χ1v) is 9.76. The van der Waals surface area contributed by atoms with E-state index < -0.39 is 12.0 Å². The number of hydrogen-bond donors (Lipinski definition) is 0. The van der Waals surface area contributed by atoms with E-state index in [1.807, 2.05) is 17.8 Å². The lowest BCUT2D eigenvalue weighted by Crippen LogP contribution is -2.61. The van der Waals surface area contributed by atoms with Crippen molar-refractivity contribution in [2.45, 2.75) is 25.6 Å². The maximum absolute atomic E-state index is 13.2. The molecule has 158 valence electrons. The van der Waals surface area contributed by atoms with Gasteiger partial charge in [0.05, 0.1) is 13.7 Å². The molecule has 1 aliphatic heterocycles. The summed E-state index contributed by atoms with van der Waals surface area (Å²) in [7, 11) is 1.30. The highest BCUT2D eigenvalue weighted by molar-refractivity contribution is 6.30. The van der Waals surface area contributed by atoms with Gasteiger partial charge in [0.1, 0.15) is 36.0 Å². The normalized spacial score (nSPS) is 19.3.